The molecule has 8 heteroatoms. The average molecular weight is 392 g/mol. The van der Waals surface area contributed by atoms with Crippen LogP contribution in [0.5, 0.6) is 0 Å². The minimum Gasteiger partial charge on any atom is -0.385 e. The standard InChI is InChI=1S/C20H37N7O/c1-17-23-24-19(25(17)2)16-22-20(21-10-7-15-28-3)27-13-11-26(12-14-27)18-8-5-4-6-9-18/h18H,4-16H2,1-3H3,(H,21,22). The number of piperazine rings is 1. The van der Waals surface area contributed by atoms with Crippen LogP contribution >= 0.6 is 0 Å². The van der Waals surface area contributed by atoms with Gasteiger partial charge in [0.25, 0.3) is 0 Å². The number of aliphatic imine (C=N–C) groups is 1. The molecule has 1 saturated heterocycles. The molecule has 1 aliphatic heterocycles. The van der Waals surface area contributed by atoms with Crippen LogP contribution in [-0.4, -0.2) is 83.0 Å². The molecular weight excluding hydrogens is 354 g/mol. The molecule has 2 aliphatic rings. The monoisotopic (exact) mass is 391 g/mol. The second kappa shape index (κ2) is 10.8. The van der Waals surface area contributed by atoms with Crippen molar-refractivity contribution in [2.75, 3.05) is 46.4 Å². The summed E-state index contributed by atoms with van der Waals surface area (Å²) in [5.41, 5.74) is 0. The molecule has 0 unspecified atom stereocenters. The van der Waals surface area contributed by atoms with Crippen LogP contribution in [-0.2, 0) is 18.3 Å². The van der Waals surface area contributed by atoms with Crippen LogP contribution in [0.4, 0.5) is 0 Å². The molecule has 158 valence electrons. The molecule has 2 heterocycles. The third kappa shape index (κ3) is 5.67. The van der Waals surface area contributed by atoms with Crippen LogP contribution in [0.2, 0.25) is 0 Å². The van der Waals surface area contributed by atoms with Gasteiger partial charge >= 0.3 is 0 Å². The van der Waals surface area contributed by atoms with Crippen LogP contribution in [0.1, 0.15) is 50.2 Å². The molecule has 0 radical (unpaired) electrons. The quantitative estimate of drug-likeness (QED) is 0.432. The molecule has 1 aromatic heterocycles. The lowest BCUT2D eigenvalue weighted by Gasteiger charge is -2.41. The zero-order valence-corrected chi connectivity index (χ0v) is 17.9. The van der Waals surface area contributed by atoms with Gasteiger partial charge < -0.3 is 19.5 Å². The number of nitrogens with one attached hydrogen (secondary N) is 1. The Morgan fingerprint density at radius 3 is 2.54 bits per heavy atom. The molecule has 0 atom stereocenters. The summed E-state index contributed by atoms with van der Waals surface area (Å²) >= 11 is 0. The Hall–Kier alpha value is -1.67. The first-order valence-corrected chi connectivity index (χ1v) is 10.8. The van der Waals surface area contributed by atoms with Crippen molar-refractivity contribution in [1.82, 2.24) is 29.9 Å². The Balaban J connectivity index is 1.58. The molecule has 8 nitrogen and oxygen atoms in total. The maximum absolute atomic E-state index is 5.18. The van der Waals surface area contributed by atoms with Gasteiger partial charge in [-0.2, -0.15) is 0 Å². The van der Waals surface area contributed by atoms with Gasteiger partial charge in [0.15, 0.2) is 11.8 Å². The van der Waals surface area contributed by atoms with Crippen molar-refractivity contribution in [2.45, 2.75) is 58.0 Å². The summed E-state index contributed by atoms with van der Waals surface area (Å²) in [6, 6.07) is 0.799. The van der Waals surface area contributed by atoms with Gasteiger partial charge in [-0.25, -0.2) is 4.99 Å². The van der Waals surface area contributed by atoms with E-state index in [9.17, 15) is 0 Å². The highest BCUT2D eigenvalue weighted by Gasteiger charge is 2.26. The molecule has 1 N–H and O–H groups in total. The Morgan fingerprint density at radius 2 is 1.89 bits per heavy atom. The number of hydrogen-bond acceptors (Lipinski definition) is 5. The number of aryl methyl sites for hydroxylation is 1. The fourth-order valence-electron chi connectivity index (χ4n) is 4.16. The van der Waals surface area contributed by atoms with E-state index in [1.54, 1.807) is 7.11 Å². The Kier molecular flexibility index (Phi) is 8.09. The predicted octanol–water partition coefficient (Wildman–Crippen LogP) is 1.56. The van der Waals surface area contributed by atoms with Gasteiger partial charge in [0.05, 0.1) is 0 Å². The number of aromatic nitrogens is 3. The smallest absolute Gasteiger partial charge is 0.194 e. The predicted molar refractivity (Wildman–Crippen MR) is 111 cm³/mol. The highest BCUT2D eigenvalue weighted by Crippen LogP contribution is 2.23. The number of guanidine groups is 1. The molecule has 28 heavy (non-hydrogen) atoms. The molecule has 3 rings (SSSR count). The van der Waals surface area contributed by atoms with Gasteiger partial charge in [0, 0.05) is 59.5 Å². The van der Waals surface area contributed by atoms with E-state index in [0.717, 1.165) is 69.4 Å². The number of ether oxygens (including phenoxy) is 1. The second-order valence-corrected chi connectivity index (χ2v) is 7.95. The molecule has 1 aromatic rings. The summed E-state index contributed by atoms with van der Waals surface area (Å²) in [5, 5.41) is 11.9. The normalized spacial score (nSPS) is 20.0. The van der Waals surface area contributed by atoms with Crippen molar-refractivity contribution in [1.29, 1.82) is 0 Å². The van der Waals surface area contributed by atoms with E-state index in [0.29, 0.717) is 6.54 Å². The number of nitrogens with zero attached hydrogens (tertiary/aromatic N) is 6. The third-order valence-corrected chi connectivity index (χ3v) is 6.07. The number of methoxy groups -OCH3 is 1. The number of rotatable bonds is 7. The second-order valence-electron chi connectivity index (χ2n) is 7.95. The van der Waals surface area contributed by atoms with Crippen LogP contribution in [0.25, 0.3) is 0 Å². The van der Waals surface area contributed by atoms with Gasteiger partial charge in [-0.15, -0.1) is 10.2 Å². The first-order valence-electron chi connectivity index (χ1n) is 10.8. The SMILES string of the molecule is COCCCNC(=NCc1nnc(C)n1C)N1CCN(C2CCCCC2)CC1. The van der Waals surface area contributed by atoms with E-state index >= 15 is 0 Å². The Labute approximate surface area is 169 Å². The van der Waals surface area contributed by atoms with E-state index in [1.807, 2.05) is 18.5 Å². The van der Waals surface area contributed by atoms with Crippen molar-refractivity contribution >= 4 is 5.96 Å². The molecule has 1 saturated carbocycles. The van der Waals surface area contributed by atoms with Gasteiger partial charge in [-0.1, -0.05) is 19.3 Å². The van der Waals surface area contributed by atoms with E-state index in [2.05, 4.69) is 25.3 Å². The maximum atomic E-state index is 5.18. The highest BCUT2D eigenvalue weighted by atomic mass is 16.5. The molecule has 0 spiro atoms. The largest absolute Gasteiger partial charge is 0.385 e. The molecule has 0 amide bonds. The third-order valence-electron chi connectivity index (χ3n) is 6.07. The lowest BCUT2D eigenvalue weighted by molar-refractivity contribution is 0.105. The Morgan fingerprint density at radius 1 is 1.14 bits per heavy atom. The fourth-order valence-corrected chi connectivity index (χ4v) is 4.16. The summed E-state index contributed by atoms with van der Waals surface area (Å²) in [6.07, 6.45) is 7.94. The van der Waals surface area contributed by atoms with Gasteiger partial charge in [0.2, 0.25) is 0 Å². The summed E-state index contributed by atoms with van der Waals surface area (Å²) in [4.78, 5) is 9.97. The van der Waals surface area contributed by atoms with E-state index in [-0.39, 0.29) is 0 Å². The lowest BCUT2D eigenvalue weighted by Crippen LogP contribution is -2.55. The summed E-state index contributed by atoms with van der Waals surface area (Å²) in [7, 11) is 3.74. The van der Waals surface area contributed by atoms with E-state index in [1.165, 1.54) is 32.1 Å². The highest BCUT2D eigenvalue weighted by molar-refractivity contribution is 5.80. The van der Waals surface area contributed by atoms with Crippen LogP contribution < -0.4 is 5.32 Å². The van der Waals surface area contributed by atoms with E-state index < -0.39 is 0 Å². The zero-order valence-electron chi connectivity index (χ0n) is 17.9. The minimum atomic E-state index is 0.548. The van der Waals surface area contributed by atoms with Gasteiger partial charge in [0.1, 0.15) is 12.4 Å². The fraction of sp³-hybridized carbons (Fsp3) is 0.850. The topological polar surface area (TPSA) is 70.8 Å². The van der Waals surface area contributed by atoms with E-state index in [4.69, 9.17) is 9.73 Å². The first kappa shape index (κ1) is 21.0. The summed E-state index contributed by atoms with van der Waals surface area (Å²) in [6.45, 7) is 8.47. The van der Waals surface area contributed by atoms with Crippen molar-refractivity contribution in [3.05, 3.63) is 11.6 Å². The van der Waals surface area contributed by atoms with Crippen LogP contribution in [0.3, 0.4) is 0 Å². The van der Waals surface area contributed by atoms with Crippen molar-refractivity contribution in [3.8, 4) is 0 Å². The molecular formula is C20H37N7O. The lowest BCUT2D eigenvalue weighted by atomic mass is 9.94. The molecule has 0 bridgehead atoms. The van der Waals surface area contributed by atoms with Gasteiger partial charge in [-0.3, -0.25) is 4.90 Å². The zero-order chi connectivity index (χ0) is 19.8. The maximum Gasteiger partial charge on any atom is 0.194 e. The first-order chi connectivity index (χ1) is 13.7. The van der Waals surface area contributed by atoms with Crippen molar-refractivity contribution in [2.24, 2.45) is 12.0 Å². The minimum absolute atomic E-state index is 0.548. The average Bonchev–Trinajstić information content (AvgIpc) is 3.06. The Bertz CT molecular complexity index is 616. The molecule has 1 aliphatic carbocycles. The summed E-state index contributed by atoms with van der Waals surface area (Å²) in [5.74, 6) is 2.80. The van der Waals surface area contributed by atoms with Crippen LogP contribution in [0.15, 0.2) is 4.99 Å². The molecule has 0 aromatic carbocycles. The van der Waals surface area contributed by atoms with Crippen molar-refractivity contribution in [3.63, 3.8) is 0 Å². The van der Waals surface area contributed by atoms with Crippen LogP contribution in [0, 0.1) is 6.92 Å². The molecule has 2 fully saturated rings. The van der Waals surface area contributed by atoms with Gasteiger partial charge in [-0.05, 0) is 26.2 Å². The van der Waals surface area contributed by atoms with Crippen molar-refractivity contribution < 1.29 is 4.74 Å². The summed E-state index contributed by atoms with van der Waals surface area (Å²) < 4.78 is 7.18. The number of hydrogen-bond donors (Lipinski definition) is 1.